The number of hydrogen-bond acceptors (Lipinski definition) is 5. The second kappa shape index (κ2) is 12.1. The molecule has 2 amide bonds. The van der Waals surface area contributed by atoms with Gasteiger partial charge in [0.1, 0.15) is 0 Å². The normalized spacial score (nSPS) is 12.1. The monoisotopic (exact) mass is 318 g/mol. The van der Waals surface area contributed by atoms with Crippen molar-refractivity contribution in [1.29, 1.82) is 0 Å². The molecule has 0 rings (SSSR count). The first-order valence-electron chi connectivity index (χ1n) is 7.79. The molecule has 0 unspecified atom stereocenters. The second-order valence-electron chi connectivity index (χ2n) is 6.07. The number of hydrogen-bond donors (Lipinski definition) is 3. The van der Waals surface area contributed by atoms with Crippen LogP contribution in [-0.2, 0) is 9.47 Å². The molecule has 130 valence electrons. The summed E-state index contributed by atoms with van der Waals surface area (Å²) in [5, 5.41) is 14.2. The topological polar surface area (TPSA) is 96.9 Å². The fraction of sp³-hybridized carbons (Fsp3) is 0.867. The molecule has 0 spiro atoms. The molecule has 0 saturated carbocycles. The minimum atomic E-state index is -0.519. The molecular weight excluding hydrogens is 288 g/mol. The van der Waals surface area contributed by atoms with Gasteiger partial charge in [0, 0.05) is 19.2 Å². The zero-order valence-corrected chi connectivity index (χ0v) is 14.1. The lowest BCUT2D eigenvalue weighted by Crippen LogP contribution is -2.44. The van der Waals surface area contributed by atoms with Crippen LogP contribution >= 0.6 is 0 Å². The van der Waals surface area contributed by atoms with Gasteiger partial charge >= 0.3 is 12.2 Å². The van der Waals surface area contributed by atoms with Crippen molar-refractivity contribution in [3.8, 4) is 0 Å². The van der Waals surface area contributed by atoms with Crippen LogP contribution in [0.1, 0.15) is 40.5 Å². The lowest BCUT2D eigenvalue weighted by molar-refractivity contribution is 0.123. The number of aliphatic hydroxyl groups excluding tert-OH is 1. The SMILES string of the molecule is CC(C)COC(=O)NC[C@H](CCCO)NC(=O)OCC(C)C. The zero-order valence-electron chi connectivity index (χ0n) is 14.1. The Morgan fingerprint density at radius 3 is 2.05 bits per heavy atom. The Bertz CT molecular complexity index is 321. The highest BCUT2D eigenvalue weighted by Gasteiger charge is 2.15. The lowest BCUT2D eigenvalue weighted by Gasteiger charge is -2.19. The average Bonchev–Trinajstić information content (AvgIpc) is 2.45. The maximum atomic E-state index is 11.6. The number of carbonyl (C=O) groups is 2. The summed E-state index contributed by atoms with van der Waals surface area (Å²) in [7, 11) is 0. The molecule has 0 aliphatic heterocycles. The van der Waals surface area contributed by atoms with Gasteiger partial charge in [-0.1, -0.05) is 27.7 Å². The van der Waals surface area contributed by atoms with E-state index >= 15 is 0 Å². The van der Waals surface area contributed by atoms with Crippen molar-refractivity contribution < 1.29 is 24.2 Å². The van der Waals surface area contributed by atoms with Gasteiger partial charge in [0.25, 0.3) is 0 Å². The largest absolute Gasteiger partial charge is 0.449 e. The third-order valence-corrected chi connectivity index (χ3v) is 2.62. The summed E-state index contributed by atoms with van der Waals surface area (Å²) in [5.74, 6) is 0.519. The van der Waals surface area contributed by atoms with E-state index in [1.807, 2.05) is 27.7 Å². The first-order valence-corrected chi connectivity index (χ1v) is 7.79. The molecule has 3 N–H and O–H groups in total. The van der Waals surface area contributed by atoms with Crippen molar-refractivity contribution in [2.75, 3.05) is 26.4 Å². The number of amides is 2. The first-order chi connectivity index (χ1) is 10.3. The number of alkyl carbamates (subject to hydrolysis) is 2. The fourth-order valence-corrected chi connectivity index (χ4v) is 1.51. The molecule has 1 atom stereocenters. The molecule has 0 aromatic rings. The van der Waals surface area contributed by atoms with Crippen molar-refractivity contribution in [2.24, 2.45) is 11.8 Å². The van der Waals surface area contributed by atoms with Crippen LogP contribution in [0.25, 0.3) is 0 Å². The molecule has 0 saturated heterocycles. The Kier molecular flexibility index (Phi) is 11.3. The molecule has 7 heteroatoms. The van der Waals surface area contributed by atoms with Gasteiger partial charge in [-0.3, -0.25) is 0 Å². The van der Waals surface area contributed by atoms with Crippen molar-refractivity contribution >= 4 is 12.2 Å². The standard InChI is InChI=1S/C15H30N2O5/c1-11(2)9-21-14(19)16-8-13(6-5-7-18)17-15(20)22-10-12(3)4/h11-13,18H,5-10H2,1-4H3,(H,16,19)(H,17,20)/t13-/m0/s1. The Morgan fingerprint density at radius 1 is 1.00 bits per heavy atom. The van der Waals surface area contributed by atoms with Crippen molar-refractivity contribution in [2.45, 2.75) is 46.6 Å². The van der Waals surface area contributed by atoms with Crippen LogP contribution in [-0.4, -0.2) is 49.7 Å². The first kappa shape index (κ1) is 20.5. The number of aliphatic hydroxyl groups is 1. The molecule has 0 aliphatic carbocycles. The molecule has 0 bridgehead atoms. The molecule has 0 aliphatic rings. The van der Waals surface area contributed by atoms with Crippen LogP contribution < -0.4 is 10.6 Å². The van der Waals surface area contributed by atoms with Crippen LogP contribution in [0.5, 0.6) is 0 Å². The predicted octanol–water partition coefficient (Wildman–Crippen LogP) is 1.89. The summed E-state index contributed by atoms with van der Waals surface area (Å²) in [6.07, 6.45) is 0.0318. The summed E-state index contributed by atoms with van der Waals surface area (Å²) in [5.41, 5.74) is 0. The van der Waals surface area contributed by atoms with Crippen molar-refractivity contribution in [3.05, 3.63) is 0 Å². The van der Waals surface area contributed by atoms with E-state index in [1.165, 1.54) is 0 Å². The minimum absolute atomic E-state index is 0.0248. The summed E-state index contributed by atoms with van der Waals surface area (Å²) in [6.45, 7) is 8.73. The van der Waals surface area contributed by atoms with E-state index in [0.717, 1.165) is 0 Å². The second-order valence-corrected chi connectivity index (χ2v) is 6.07. The summed E-state index contributed by atoms with van der Waals surface area (Å²) < 4.78 is 10.0. The molecule has 22 heavy (non-hydrogen) atoms. The van der Waals surface area contributed by atoms with Crippen LogP contribution in [0.3, 0.4) is 0 Å². The van der Waals surface area contributed by atoms with Gasteiger partial charge in [0.05, 0.1) is 13.2 Å². The quantitative estimate of drug-likeness (QED) is 0.571. The van der Waals surface area contributed by atoms with Crippen LogP contribution in [0.2, 0.25) is 0 Å². The highest BCUT2D eigenvalue weighted by molar-refractivity contribution is 5.69. The predicted molar refractivity (Wildman–Crippen MR) is 83.6 cm³/mol. The van der Waals surface area contributed by atoms with E-state index in [2.05, 4.69) is 10.6 Å². The van der Waals surface area contributed by atoms with E-state index < -0.39 is 12.2 Å². The fourth-order valence-electron chi connectivity index (χ4n) is 1.51. The highest BCUT2D eigenvalue weighted by Crippen LogP contribution is 1.99. The van der Waals surface area contributed by atoms with Crippen molar-refractivity contribution in [1.82, 2.24) is 10.6 Å². The van der Waals surface area contributed by atoms with E-state index in [0.29, 0.717) is 26.1 Å². The molecule has 0 aromatic carbocycles. The molecule has 0 heterocycles. The van der Waals surface area contributed by atoms with Gasteiger partial charge in [-0.25, -0.2) is 9.59 Å². The zero-order chi connectivity index (χ0) is 17.0. The van der Waals surface area contributed by atoms with Gasteiger partial charge in [0.2, 0.25) is 0 Å². The number of ether oxygens (including phenoxy) is 2. The smallest absolute Gasteiger partial charge is 0.407 e. The van der Waals surface area contributed by atoms with Gasteiger partial charge in [-0.2, -0.15) is 0 Å². The number of nitrogens with one attached hydrogen (secondary N) is 2. The number of carbonyl (C=O) groups excluding carboxylic acids is 2. The van der Waals surface area contributed by atoms with Crippen LogP contribution in [0.15, 0.2) is 0 Å². The third kappa shape index (κ3) is 12.3. The van der Waals surface area contributed by atoms with Gasteiger partial charge < -0.3 is 25.2 Å². The summed E-state index contributed by atoms with van der Waals surface area (Å²) >= 11 is 0. The summed E-state index contributed by atoms with van der Waals surface area (Å²) in [4.78, 5) is 23.1. The molecule has 0 radical (unpaired) electrons. The molecule has 0 aromatic heterocycles. The molecular formula is C15H30N2O5. The lowest BCUT2D eigenvalue weighted by atomic mass is 10.1. The van der Waals surface area contributed by atoms with Gasteiger partial charge in [0.15, 0.2) is 0 Å². The van der Waals surface area contributed by atoms with E-state index in [9.17, 15) is 9.59 Å². The maximum absolute atomic E-state index is 11.6. The highest BCUT2D eigenvalue weighted by atomic mass is 16.6. The van der Waals surface area contributed by atoms with Crippen LogP contribution in [0.4, 0.5) is 9.59 Å². The average molecular weight is 318 g/mol. The third-order valence-electron chi connectivity index (χ3n) is 2.62. The maximum Gasteiger partial charge on any atom is 0.407 e. The van der Waals surface area contributed by atoms with E-state index in [1.54, 1.807) is 0 Å². The molecule has 0 fully saturated rings. The summed E-state index contributed by atoms with van der Waals surface area (Å²) in [6, 6.07) is -0.307. The Morgan fingerprint density at radius 2 is 1.55 bits per heavy atom. The van der Waals surface area contributed by atoms with E-state index in [4.69, 9.17) is 14.6 Å². The molecule has 7 nitrogen and oxygen atoms in total. The van der Waals surface area contributed by atoms with E-state index in [-0.39, 0.29) is 31.0 Å². The Labute approximate surface area is 132 Å². The van der Waals surface area contributed by atoms with Gasteiger partial charge in [-0.15, -0.1) is 0 Å². The Balaban J connectivity index is 4.15. The van der Waals surface area contributed by atoms with Crippen LogP contribution in [0, 0.1) is 11.8 Å². The Hall–Kier alpha value is -1.50. The number of rotatable bonds is 10. The van der Waals surface area contributed by atoms with Crippen molar-refractivity contribution in [3.63, 3.8) is 0 Å². The minimum Gasteiger partial charge on any atom is -0.449 e. The van der Waals surface area contributed by atoms with Gasteiger partial charge in [-0.05, 0) is 24.7 Å².